The lowest BCUT2D eigenvalue weighted by molar-refractivity contribution is -0.323. The Morgan fingerprint density at radius 3 is 1.82 bits per heavy atom. The molecule has 3 aliphatic rings. The van der Waals surface area contributed by atoms with Gasteiger partial charge in [-0.1, -0.05) is 0 Å². The van der Waals surface area contributed by atoms with Crippen LogP contribution in [0.2, 0.25) is 0 Å². The van der Waals surface area contributed by atoms with Crippen molar-refractivity contribution in [2.45, 2.75) is 92.1 Å². The van der Waals surface area contributed by atoms with Crippen LogP contribution in [0.4, 0.5) is 0 Å². The summed E-state index contributed by atoms with van der Waals surface area (Å²) in [6.45, 7) is -2.35. The van der Waals surface area contributed by atoms with E-state index in [2.05, 4.69) is 0 Å². The number of aliphatic hydroxyl groups is 11. The molecule has 3 fully saturated rings. The van der Waals surface area contributed by atoms with Gasteiger partial charge in [0.1, 0.15) is 73.2 Å². The molecule has 1 unspecified atom stereocenters. The number of hydrogen-bond donors (Lipinski definition) is 11. The van der Waals surface area contributed by atoms with Crippen LogP contribution in [0, 0.1) is 0 Å². The van der Waals surface area contributed by atoms with Crippen molar-refractivity contribution in [2.24, 2.45) is 0 Å². The zero-order valence-electron chi connectivity index (χ0n) is 17.7. The highest BCUT2D eigenvalue weighted by Gasteiger charge is 2.54. The molecule has 3 aliphatic heterocycles. The average Bonchev–Trinajstić information content (AvgIpc) is 3.27. The molecular formula is C18H32O16. The molecule has 16 heteroatoms. The summed E-state index contributed by atoms with van der Waals surface area (Å²) in [5.74, 6) is 0. The van der Waals surface area contributed by atoms with Crippen LogP contribution in [0.3, 0.4) is 0 Å². The maximum absolute atomic E-state index is 10.4. The zero-order chi connectivity index (χ0) is 25.3. The Morgan fingerprint density at radius 1 is 0.647 bits per heavy atom. The van der Waals surface area contributed by atoms with Crippen molar-refractivity contribution in [3.63, 3.8) is 0 Å². The first kappa shape index (κ1) is 27.9. The predicted octanol–water partition coefficient (Wildman–Crippen LogP) is -7.57. The molecule has 0 aliphatic carbocycles. The fourth-order valence-corrected chi connectivity index (χ4v) is 4.08. The Hall–Kier alpha value is -0.640. The minimum absolute atomic E-state index is 0.730. The van der Waals surface area contributed by atoms with Crippen LogP contribution in [0.5, 0.6) is 0 Å². The Bertz CT molecular complexity index is 641. The third-order valence-electron chi connectivity index (χ3n) is 6.07. The highest BCUT2D eigenvalue weighted by molar-refractivity contribution is 4.96. The molecule has 0 amide bonds. The van der Waals surface area contributed by atoms with Gasteiger partial charge in [0.05, 0.1) is 19.8 Å². The molecule has 3 heterocycles. The van der Waals surface area contributed by atoms with Crippen molar-refractivity contribution in [1.29, 1.82) is 0 Å². The van der Waals surface area contributed by atoms with E-state index in [1.165, 1.54) is 0 Å². The van der Waals surface area contributed by atoms with Gasteiger partial charge in [0.15, 0.2) is 18.9 Å². The first-order valence-corrected chi connectivity index (χ1v) is 10.6. The summed E-state index contributed by atoms with van der Waals surface area (Å²) >= 11 is 0. The summed E-state index contributed by atoms with van der Waals surface area (Å²) in [7, 11) is 0. The summed E-state index contributed by atoms with van der Waals surface area (Å²) in [4.78, 5) is 0. The van der Waals surface area contributed by atoms with E-state index in [-0.39, 0.29) is 0 Å². The van der Waals surface area contributed by atoms with Gasteiger partial charge < -0.3 is 79.9 Å². The topological polar surface area (TPSA) is 269 Å². The van der Waals surface area contributed by atoms with Crippen LogP contribution in [0.1, 0.15) is 0 Å². The van der Waals surface area contributed by atoms with Gasteiger partial charge in [-0.15, -0.1) is 0 Å². The molecule has 0 aromatic heterocycles. The SMILES string of the molecule is OC[C@@H](O)[C@@H]1O[C@@H](O[C@H](CO)[C@@H]2O[C@@H](O[C@H]3[C@H](O)[C@@H](CO)OC(O)[C@H]3O)[C@H](O)[C@H]2O)[C@H](O)[C@H]1O. The van der Waals surface area contributed by atoms with Crippen LogP contribution in [0.15, 0.2) is 0 Å². The molecule has 3 saturated heterocycles. The summed E-state index contributed by atoms with van der Waals surface area (Å²) in [6, 6.07) is 0. The van der Waals surface area contributed by atoms with Gasteiger partial charge in [-0.2, -0.15) is 0 Å². The van der Waals surface area contributed by atoms with E-state index in [0.29, 0.717) is 0 Å². The van der Waals surface area contributed by atoms with Gasteiger partial charge in [0.25, 0.3) is 0 Å². The molecule has 34 heavy (non-hydrogen) atoms. The predicted molar refractivity (Wildman–Crippen MR) is 101 cm³/mol. The van der Waals surface area contributed by atoms with E-state index >= 15 is 0 Å². The third kappa shape index (κ3) is 5.37. The van der Waals surface area contributed by atoms with Gasteiger partial charge >= 0.3 is 0 Å². The van der Waals surface area contributed by atoms with Crippen molar-refractivity contribution in [1.82, 2.24) is 0 Å². The smallest absolute Gasteiger partial charge is 0.187 e. The van der Waals surface area contributed by atoms with E-state index in [0.717, 1.165) is 0 Å². The van der Waals surface area contributed by atoms with Gasteiger partial charge in [-0.25, -0.2) is 0 Å². The lowest BCUT2D eigenvalue weighted by Crippen LogP contribution is -2.60. The second kappa shape index (κ2) is 11.6. The standard InChI is InChI=1S/C18H32O16/c19-1-4(22)13-8(24)10(26)17(32-13)31-6(3-21)14-9(25)11(27)18(33-14)34-15-7(23)5(2-20)30-16(29)12(15)28/h4-29H,1-3H2/t4-,5-,6-,7-,8-,9-,10-,11-,12+,13+,14+,15+,16?,17-,18+/m1/s1. The van der Waals surface area contributed by atoms with E-state index in [9.17, 15) is 51.1 Å². The fourth-order valence-electron chi connectivity index (χ4n) is 4.08. The van der Waals surface area contributed by atoms with Crippen molar-refractivity contribution in [3.8, 4) is 0 Å². The number of rotatable bonds is 9. The van der Waals surface area contributed by atoms with E-state index in [1.807, 2.05) is 0 Å². The minimum Gasteiger partial charge on any atom is -0.394 e. The van der Waals surface area contributed by atoms with E-state index in [4.69, 9.17) is 28.8 Å². The second-order valence-corrected chi connectivity index (χ2v) is 8.34. The van der Waals surface area contributed by atoms with E-state index in [1.54, 1.807) is 0 Å². The van der Waals surface area contributed by atoms with Gasteiger partial charge in [0, 0.05) is 0 Å². The maximum Gasteiger partial charge on any atom is 0.187 e. The van der Waals surface area contributed by atoms with Gasteiger partial charge in [-0.3, -0.25) is 0 Å². The number of aliphatic hydroxyl groups excluding tert-OH is 11. The molecule has 15 atom stereocenters. The van der Waals surface area contributed by atoms with Crippen molar-refractivity contribution in [3.05, 3.63) is 0 Å². The summed E-state index contributed by atoms with van der Waals surface area (Å²) in [6.07, 6.45) is -24.4. The molecule has 0 aromatic carbocycles. The fraction of sp³-hybridized carbons (Fsp3) is 1.00. The van der Waals surface area contributed by atoms with Crippen LogP contribution >= 0.6 is 0 Å². The van der Waals surface area contributed by atoms with Crippen LogP contribution < -0.4 is 0 Å². The van der Waals surface area contributed by atoms with Crippen molar-refractivity contribution < 1.29 is 79.9 Å². The molecule has 0 spiro atoms. The minimum atomic E-state index is -1.84. The summed E-state index contributed by atoms with van der Waals surface area (Å²) in [5, 5.41) is 109. The molecular weight excluding hydrogens is 472 g/mol. The summed E-state index contributed by atoms with van der Waals surface area (Å²) < 4.78 is 26.2. The Morgan fingerprint density at radius 2 is 1.24 bits per heavy atom. The van der Waals surface area contributed by atoms with Gasteiger partial charge in [0.2, 0.25) is 0 Å². The first-order valence-electron chi connectivity index (χ1n) is 10.6. The lowest BCUT2D eigenvalue weighted by Gasteiger charge is -2.41. The largest absolute Gasteiger partial charge is 0.394 e. The molecule has 0 aromatic rings. The monoisotopic (exact) mass is 504 g/mol. The molecule has 0 saturated carbocycles. The molecule has 0 radical (unpaired) electrons. The molecule has 0 bridgehead atoms. The van der Waals surface area contributed by atoms with Gasteiger partial charge in [-0.05, 0) is 0 Å². The first-order chi connectivity index (χ1) is 16.0. The lowest BCUT2D eigenvalue weighted by atomic mass is 9.99. The zero-order valence-corrected chi connectivity index (χ0v) is 17.7. The normalized spacial score (nSPS) is 49.3. The Labute approximate surface area is 192 Å². The Balaban J connectivity index is 1.67. The van der Waals surface area contributed by atoms with Crippen LogP contribution in [0.25, 0.3) is 0 Å². The Kier molecular flexibility index (Phi) is 9.54. The van der Waals surface area contributed by atoms with Crippen molar-refractivity contribution >= 4 is 0 Å². The highest BCUT2D eigenvalue weighted by atomic mass is 16.8. The third-order valence-corrected chi connectivity index (χ3v) is 6.07. The quantitative estimate of drug-likeness (QED) is 0.139. The molecule has 11 N–H and O–H groups in total. The molecule has 3 rings (SSSR count). The average molecular weight is 504 g/mol. The van der Waals surface area contributed by atoms with Crippen LogP contribution in [-0.4, -0.2) is 168 Å². The summed E-state index contributed by atoms with van der Waals surface area (Å²) in [5.41, 5.74) is 0. The van der Waals surface area contributed by atoms with Crippen LogP contribution in [-0.2, 0) is 23.7 Å². The second-order valence-electron chi connectivity index (χ2n) is 8.34. The number of hydrogen-bond acceptors (Lipinski definition) is 16. The highest BCUT2D eigenvalue weighted by Crippen LogP contribution is 2.32. The van der Waals surface area contributed by atoms with Crippen molar-refractivity contribution in [2.75, 3.05) is 19.8 Å². The number of ether oxygens (including phenoxy) is 5. The van der Waals surface area contributed by atoms with E-state index < -0.39 is 112 Å². The maximum atomic E-state index is 10.4. The molecule has 200 valence electrons. The molecule has 16 nitrogen and oxygen atoms in total.